The van der Waals surface area contributed by atoms with Gasteiger partial charge in [0, 0.05) is 6.42 Å². The zero-order valence-electron chi connectivity index (χ0n) is 11.1. The number of allylic oxidation sites excluding steroid dienone is 2. The highest BCUT2D eigenvalue weighted by atomic mass is 16.6. The van der Waals surface area contributed by atoms with Crippen molar-refractivity contribution in [1.82, 2.24) is 5.16 Å². The average Bonchev–Trinajstić information content (AvgIpc) is 2.75. The molecule has 0 aromatic carbocycles. The molecule has 1 atom stereocenters. The summed E-state index contributed by atoms with van der Waals surface area (Å²) in [6.07, 6.45) is 9.17. The fourth-order valence-electron chi connectivity index (χ4n) is 2.50. The summed E-state index contributed by atoms with van der Waals surface area (Å²) in [6, 6.07) is 0. The topological polar surface area (TPSA) is 56.2 Å². The Morgan fingerprint density at radius 3 is 2.72 bits per heavy atom. The number of rotatable bonds is 5. The molecule has 0 aliphatic heterocycles. The molecule has 0 saturated heterocycles. The minimum Gasteiger partial charge on any atom is -0.375 e. The van der Waals surface area contributed by atoms with Gasteiger partial charge < -0.3 is 4.42 Å². The van der Waals surface area contributed by atoms with Gasteiger partial charge in [-0.25, -0.2) is 4.79 Å². The van der Waals surface area contributed by atoms with Gasteiger partial charge in [-0.2, -0.15) is 0 Å². The van der Waals surface area contributed by atoms with Crippen LogP contribution in [0.3, 0.4) is 0 Å². The van der Waals surface area contributed by atoms with Crippen molar-refractivity contribution in [3.63, 3.8) is 0 Å². The fraction of sp³-hybridized carbons (Fsp3) is 0.714. The Morgan fingerprint density at radius 2 is 2.17 bits per heavy atom. The van der Waals surface area contributed by atoms with Gasteiger partial charge in [-0.15, -0.1) is 0 Å². The highest BCUT2D eigenvalue weighted by Gasteiger charge is 2.20. The maximum absolute atomic E-state index is 10.8. The number of aromatic nitrogens is 1. The van der Waals surface area contributed by atoms with E-state index in [0.29, 0.717) is 24.1 Å². The van der Waals surface area contributed by atoms with Crippen molar-refractivity contribution in [2.45, 2.75) is 52.4 Å². The summed E-state index contributed by atoms with van der Waals surface area (Å²) in [7, 11) is 0. The molecule has 1 aliphatic rings. The zero-order valence-corrected chi connectivity index (χ0v) is 11.1. The third-order valence-electron chi connectivity index (χ3n) is 3.71. The van der Waals surface area contributed by atoms with Crippen LogP contribution in [0.2, 0.25) is 0 Å². The van der Waals surface area contributed by atoms with Crippen LogP contribution in [-0.2, 0) is 6.42 Å². The largest absolute Gasteiger partial charge is 0.542 e. The molecule has 1 aromatic heterocycles. The molecule has 0 spiro atoms. The van der Waals surface area contributed by atoms with E-state index in [-0.39, 0.29) is 0 Å². The molecule has 0 fully saturated rings. The molecule has 2 rings (SSSR count). The van der Waals surface area contributed by atoms with Crippen LogP contribution in [-0.4, -0.2) is 5.16 Å². The molecule has 4 nitrogen and oxygen atoms in total. The Labute approximate surface area is 107 Å². The average molecular weight is 251 g/mol. The minimum absolute atomic E-state index is 0.426. The lowest BCUT2D eigenvalue weighted by Gasteiger charge is -2.22. The highest BCUT2D eigenvalue weighted by molar-refractivity contribution is 5.06. The van der Waals surface area contributed by atoms with Crippen molar-refractivity contribution in [2.24, 2.45) is 11.8 Å². The standard InChI is InChI=1S/C14H21NO3/c1-10(2)12(8-11-6-4-3-5-7-11)9-13-15-18-14(16)17-13/h6,10,12H,3-5,7-9H2,1-2H3. The van der Waals surface area contributed by atoms with Crippen molar-refractivity contribution in [3.8, 4) is 0 Å². The Hall–Kier alpha value is -1.32. The third-order valence-corrected chi connectivity index (χ3v) is 3.71. The molecule has 4 heteroatoms. The Balaban J connectivity index is 1.99. The van der Waals surface area contributed by atoms with Crippen molar-refractivity contribution < 1.29 is 8.94 Å². The minimum atomic E-state index is -0.704. The van der Waals surface area contributed by atoms with E-state index in [0.717, 1.165) is 6.42 Å². The van der Waals surface area contributed by atoms with Crippen molar-refractivity contribution in [1.29, 1.82) is 0 Å². The Kier molecular flexibility index (Phi) is 4.39. The van der Waals surface area contributed by atoms with Crippen LogP contribution < -0.4 is 5.82 Å². The lowest BCUT2D eigenvalue weighted by atomic mass is 9.83. The SMILES string of the molecule is CC(C)C(CC1=CCCCC1)Cc1noc(=O)o1. The fourth-order valence-corrected chi connectivity index (χ4v) is 2.50. The predicted octanol–water partition coefficient (Wildman–Crippen LogP) is 3.33. The molecular formula is C14H21NO3. The van der Waals surface area contributed by atoms with Crippen LogP contribution >= 0.6 is 0 Å². The summed E-state index contributed by atoms with van der Waals surface area (Å²) in [5.74, 6) is 0.719. The first-order valence-corrected chi connectivity index (χ1v) is 6.78. The van der Waals surface area contributed by atoms with E-state index in [1.54, 1.807) is 5.57 Å². The first-order valence-electron chi connectivity index (χ1n) is 6.78. The summed E-state index contributed by atoms with van der Waals surface area (Å²) < 4.78 is 9.35. The quantitative estimate of drug-likeness (QED) is 0.753. The van der Waals surface area contributed by atoms with E-state index in [2.05, 4.69) is 29.6 Å². The molecule has 100 valence electrons. The monoisotopic (exact) mass is 251 g/mol. The van der Waals surface area contributed by atoms with Gasteiger partial charge in [-0.3, -0.25) is 4.52 Å². The second kappa shape index (κ2) is 6.03. The van der Waals surface area contributed by atoms with E-state index >= 15 is 0 Å². The van der Waals surface area contributed by atoms with E-state index in [9.17, 15) is 4.79 Å². The van der Waals surface area contributed by atoms with Crippen LogP contribution in [0, 0.1) is 11.8 Å². The molecule has 1 unspecified atom stereocenters. The number of hydrogen-bond acceptors (Lipinski definition) is 4. The maximum atomic E-state index is 10.8. The smallest absolute Gasteiger partial charge is 0.375 e. The second-order valence-corrected chi connectivity index (χ2v) is 5.45. The van der Waals surface area contributed by atoms with Crippen LogP contribution in [0.5, 0.6) is 0 Å². The molecular weight excluding hydrogens is 230 g/mol. The molecule has 1 aliphatic carbocycles. The normalized spacial score (nSPS) is 17.8. The predicted molar refractivity (Wildman–Crippen MR) is 68.2 cm³/mol. The third kappa shape index (κ3) is 3.59. The Morgan fingerprint density at radius 1 is 1.33 bits per heavy atom. The van der Waals surface area contributed by atoms with E-state index in [4.69, 9.17) is 4.42 Å². The molecule has 0 radical (unpaired) electrons. The van der Waals surface area contributed by atoms with Gasteiger partial charge in [-0.1, -0.05) is 25.5 Å². The molecule has 0 amide bonds. The van der Waals surface area contributed by atoms with Gasteiger partial charge in [0.1, 0.15) is 0 Å². The summed E-state index contributed by atoms with van der Waals surface area (Å²) in [5.41, 5.74) is 1.55. The zero-order chi connectivity index (χ0) is 13.0. The molecule has 1 aromatic rings. The van der Waals surface area contributed by atoms with Crippen molar-refractivity contribution in [3.05, 3.63) is 28.2 Å². The van der Waals surface area contributed by atoms with Crippen LogP contribution in [0.1, 0.15) is 51.8 Å². The van der Waals surface area contributed by atoms with Crippen molar-refractivity contribution >= 4 is 0 Å². The molecule has 0 N–H and O–H groups in total. The van der Waals surface area contributed by atoms with Crippen LogP contribution in [0.4, 0.5) is 0 Å². The summed E-state index contributed by atoms with van der Waals surface area (Å²) in [5, 5.41) is 3.66. The molecule has 18 heavy (non-hydrogen) atoms. The van der Waals surface area contributed by atoms with Gasteiger partial charge in [0.05, 0.1) is 0 Å². The van der Waals surface area contributed by atoms with E-state index in [1.807, 2.05) is 0 Å². The highest BCUT2D eigenvalue weighted by Crippen LogP contribution is 2.28. The number of hydrogen-bond donors (Lipinski definition) is 0. The van der Waals surface area contributed by atoms with Gasteiger partial charge in [0.2, 0.25) is 5.89 Å². The lowest BCUT2D eigenvalue weighted by molar-refractivity contribution is 0.324. The van der Waals surface area contributed by atoms with Gasteiger partial charge >= 0.3 is 5.82 Å². The summed E-state index contributed by atoms with van der Waals surface area (Å²) >= 11 is 0. The van der Waals surface area contributed by atoms with E-state index in [1.165, 1.54) is 25.7 Å². The Bertz CT molecular complexity index is 456. The second-order valence-electron chi connectivity index (χ2n) is 5.45. The lowest BCUT2D eigenvalue weighted by Crippen LogP contribution is -2.14. The number of nitrogens with zero attached hydrogens (tertiary/aromatic N) is 1. The molecule has 1 heterocycles. The summed E-state index contributed by atoms with van der Waals surface area (Å²) in [6.45, 7) is 4.40. The van der Waals surface area contributed by atoms with Gasteiger partial charge in [0.15, 0.2) is 0 Å². The maximum Gasteiger partial charge on any atom is 0.542 e. The summed E-state index contributed by atoms with van der Waals surface area (Å²) in [4.78, 5) is 10.8. The van der Waals surface area contributed by atoms with Gasteiger partial charge in [0.25, 0.3) is 0 Å². The van der Waals surface area contributed by atoms with Crippen molar-refractivity contribution in [2.75, 3.05) is 0 Å². The van der Waals surface area contributed by atoms with Gasteiger partial charge in [-0.05, 0) is 49.1 Å². The van der Waals surface area contributed by atoms with E-state index < -0.39 is 5.82 Å². The first-order chi connectivity index (χ1) is 8.65. The first kappa shape index (κ1) is 13.1. The molecule has 0 bridgehead atoms. The molecule has 0 saturated carbocycles. The van der Waals surface area contributed by atoms with Crippen LogP contribution in [0.25, 0.3) is 0 Å². The van der Waals surface area contributed by atoms with Crippen LogP contribution in [0.15, 0.2) is 25.4 Å².